The van der Waals surface area contributed by atoms with Crippen LogP contribution in [-0.2, 0) is 19.1 Å². The minimum atomic E-state index is -1.32. The first-order chi connectivity index (χ1) is 12.4. The minimum Gasteiger partial charge on any atom is -0.465 e. The fourth-order valence-corrected chi connectivity index (χ4v) is 4.12. The molecule has 5 heteroatoms. The van der Waals surface area contributed by atoms with Gasteiger partial charge in [-0.05, 0) is 63.3 Å². The fourth-order valence-electron chi connectivity index (χ4n) is 3.55. The zero-order chi connectivity index (χ0) is 19.6. The van der Waals surface area contributed by atoms with Crippen molar-refractivity contribution in [1.82, 2.24) is 0 Å². The van der Waals surface area contributed by atoms with Gasteiger partial charge in [-0.1, -0.05) is 46.8 Å². The number of esters is 2. The molecule has 0 spiro atoms. The number of hydrogen-bond acceptors (Lipinski definition) is 4. The topological polar surface area (TPSA) is 52.6 Å². The third-order valence-electron chi connectivity index (χ3n) is 4.79. The Labute approximate surface area is 166 Å². The molecule has 4 nitrogen and oxygen atoms in total. The SMILES string of the molecule is C=C(C)CC(CC/C(Br)=C/C1CCCCC1)(C(=O)OCC)C(=O)OCC. The lowest BCUT2D eigenvalue weighted by Crippen LogP contribution is -2.42. The van der Waals surface area contributed by atoms with Crippen LogP contribution in [0.25, 0.3) is 0 Å². The van der Waals surface area contributed by atoms with Crippen molar-refractivity contribution in [3.05, 3.63) is 22.7 Å². The van der Waals surface area contributed by atoms with Crippen LogP contribution in [0.1, 0.15) is 72.1 Å². The molecule has 0 aromatic carbocycles. The zero-order valence-electron chi connectivity index (χ0n) is 16.4. The summed E-state index contributed by atoms with van der Waals surface area (Å²) in [4.78, 5) is 25.4. The van der Waals surface area contributed by atoms with E-state index in [9.17, 15) is 9.59 Å². The molecule has 0 aromatic rings. The van der Waals surface area contributed by atoms with Crippen LogP contribution < -0.4 is 0 Å². The summed E-state index contributed by atoms with van der Waals surface area (Å²) in [6, 6.07) is 0. The van der Waals surface area contributed by atoms with E-state index >= 15 is 0 Å². The van der Waals surface area contributed by atoms with E-state index < -0.39 is 17.4 Å². The molecule has 1 aliphatic carbocycles. The molecular formula is C21H33BrO4. The van der Waals surface area contributed by atoms with Crippen LogP contribution in [0, 0.1) is 11.3 Å². The lowest BCUT2D eigenvalue weighted by molar-refractivity contribution is -0.172. The van der Waals surface area contributed by atoms with Gasteiger partial charge in [-0.25, -0.2) is 0 Å². The van der Waals surface area contributed by atoms with E-state index in [0.717, 1.165) is 10.1 Å². The molecule has 1 rings (SSSR count). The second-order valence-electron chi connectivity index (χ2n) is 7.17. The summed E-state index contributed by atoms with van der Waals surface area (Å²) in [5.74, 6) is -0.447. The third-order valence-corrected chi connectivity index (χ3v) is 5.45. The quantitative estimate of drug-likeness (QED) is 0.254. The van der Waals surface area contributed by atoms with Gasteiger partial charge in [0, 0.05) is 0 Å². The van der Waals surface area contributed by atoms with E-state index in [0.29, 0.717) is 18.8 Å². The Morgan fingerprint density at radius 2 is 1.65 bits per heavy atom. The second kappa shape index (κ2) is 11.6. The minimum absolute atomic E-state index is 0.231. The predicted octanol–water partition coefficient (Wildman–Crippen LogP) is 5.70. The first-order valence-corrected chi connectivity index (χ1v) is 10.5. The molecule has 0 aliphatic heterocycles. The van der Waals surface area contributed by atoms with Gasteiger partial charge in [-0.3, -0.25) is 9.59 Å². The van der Waals surface area contributed by atoms with Gasteiger partial charge in [0.2, 0.25) is 0 Å². The highest BCUT2D eigenvalue weighted by molar-refractivity contribution is 9.11. The number of hydrogen-bond donors (Lipinski definition) is 0. The summed E-state index contributed by atoms with van der Waals surface area (Å²) in [5, 5.41) is 0. The van der Waals surface area contributed by atoms with Crippen molar-refractivity contribution >= 4 is 27.9 Å². The van der Waals surface area contributed by atoms with Crippen LogP contribution in [0.3, 0.4) is 0 Å². The lowest BCUT2D eigenvalue weighted by Gasteiger charge is -2.29. The maximum absolute atomic E-state index is 12.7. The molecule has 0 heterocycles. The predicted molar refractivity (Wildman–Crippen MR) is 108 cm³/mol. The van der Waals surface area contributed by atoms with Crippen LogP contribution in [0.4, 0.5) is 0 Å². The number of ether oxygens (including phenoxy) is 2. The van der Waals surface area contributed by atoms with E-state index in [1.54, 1.807) is 13.8 Å². The van der Waals surface area contributed by atoms with Crippen LogP contribution in [0.2, 0.25) is 0 Å². The Balaban J connectivity index is 2.97. The van der Waals surface area contributed by atoms with Crippen molar-refractivity contribution in [2.24, 2.45) is 11.3 Å². The normalized spacial score (nSPS) is 16.2. The smallest absolute Gasteiger partial charge is 0.323 e. The molecule has 26 heavy (non-hydrogen) atoms. The maximum atomic E-state index is 12.7. The summed E-state index contributed by atoms with van der Waals surface area (Å²) < 4.78 is 11.5. The number of carbonyl (C=O) groups is 2. The average molecular weight is 429 g/mol. The molecule has 0 radical (unpaired) electrons. The van der Waals surface area contributed by atoms with Gasteiger partial charge in [-0.15, -0.1) is 6.58 Å². The Morgan fingerprint density at radius 1 is 1.12 bits per heavy atom. The monoisotopic (exact) mass is 428 g/mol. The highest BCUT2D eigenvalue weighted by Gasteiger charge is 2.48. The molecule has 1 saturated carbocycles. The molecule has 0 atom stereocenters. The van der Waals surface area contributed by atoms with E-state index in [2.05, 4.69) is 28.6 Å². The molecule has 1 aliphatic rings. The van der Waals surface area contributed by atoms with E-state index in [1.807, 2.05) is 6.92 Å². The Kier molecular flexibility index (Phi) is 10.2. The molecule has 0 unspecified atom stereocenters. The molecule has 0 amide bonds. The first-order valence-electron chi connectivity index (χ1n) is 9.70. The van der Waals surface area contributed by atoms with Crippen LogP contribution in [0.5, 0.6) is 0 Å². The second-order valence-corrected chi connectivity index (χ2v) is 8.19. The fraction of sp³-hybridized carbons (Fsp3) is 0.714. The first kappa shape index (κ1) is 22.9. The van der Waals surface area contributed by atoms with E-state index in [4.69, 9.17) is 9.47 Å². The van der Waals surface area contributed by atoms with Crippen molar-refractivity contribution in [3.63, 3.8) is 0 Å². The van der Waals surface area contributed by atoms with Crippen LogP contribution in [0.15, 0.2) is 22.7 Å². The molecule has 0 N–H and O–H groups in total. The molecular weight excluding hydrogens is 396 g/mol. The Hall–Kier alpha value is -1.10. The summed E-state index contributed by atoms with van der Waals surface area (Å²) in [6.07, 6.45) is 9.72. The van der Waals surface area contributed by atoms with E-state index in [1.165, 1.54) is 32.1 Å². The highest BCUT2D eigenvalue weighted by Crippen LogP contribution is 2.37. The van der Waals surface area contributed by atoms with Gasteiger partial charge < -0.3 is 9.47 Å². The number of halogens is 1. The van der Waals surface area contributed by atoms with Gasteiger partial charge in [0.1, 0.15) is 0 Å². The van der Waals surface area contributed by atoms with Gasteiger partial charge in [-0.2, -0.15) is 0 Å². The van der Waals surface area contributed by atoms with Gasteiger partial charge >= 0.3 is 11.9 Å². The summed E-state index contributed by atoms with van der Waals surface area (Å²) >= 11 is 3.64. The molecule has 0 aromatic heterocycles. The van der Waals surface area contributed by atoms with E-state index in [-0.39, 0.29) is 19.6 Å². The summed E-state index contributed by atoms with van der Waals surface area (Å²) in [5.41, 5.74) is -0.560. The van der Waals surface area contributed by atoms with Crippen molar-refractivity contribution in [3.8, 4) is 0 Å². The average Bonchev–Trinajstić information content (AvgIpc) is 2.59. The van der Waals surface area contributed by atoms with Crippen molar-refractivity contribution in [2.45, 2.75) is 72.1 Å². The Bertz CT molecular complexity index is 500. The molecule has 0 saturated heterocycles. The summed E-state index contributed by atoms with van der Waals surface area (Å²) in [7, 11) is 0. The van der Waals surface area contributed by atoms with Crippen molar-refractivity contribution < 1.29 is 19.1 Å². The van der Waals surface area contributed by atoms with Crippen LogP contribution in [-0.4, -0.2) is 25.2 Å². The molecule has 1 fully saturated rings. The van der Waals surface area contributed by atoms with Crippen LogP contribution >= 0.6 is 15.9 Å². The lowest BCUT2D eigenvalue weighted by atomic mass is 9.77. The number of allylic oxidation sites excluding steroid dienone is 3. The zero-order valence-corrected chi connectivity index (χ0v) is 18.0. The number of carbonyl (C=O) groups excluding carboxylic acids is 2. The van der Waals surface area contributed by atoms with Crippen molar-refractivity contribution in [2.75, 3.05) is 13.2 Å². The third kappa shape index (κ3) is 6.90. The molecule has 148 valence electrons. The Morgan fingerprint density at radius 3 is 2.12 bits per heavy atom. The largest absolute Gasteiger partial charge is 0.465 e. The van der Waals surface area contributed by atoms with Gasteiger partial charge in [0.15, 0.2) is 5.41 Å². The standard InChI is InChI=1S/C21H33BrO4/c1-5-25-19(23)21(15-16(3)4,20(24)26-6-2)13-12-18(22)14-17-10-8-7-9-11-17/h14,17H,3,5-13,15H2,1-2,4H3/b18-14-. The highest BCUT2D eigenvalue weighted by atomic mass is 79.9. The van der Waals surface area contributed by atoms with Crippen molar-refractivity contribution in [1.29, 1.82) is 0 Å². The number of rotatable bonds is 10. The van der Waals surface area contributed by atoms with Gasteiger partial charge in [0.05, 0.1) is 13.2 Å². The summed E-state index contributed by atoms with van der Waals surface area (Å²) in [6.45, 7) is 9.67. The molecule has 0 bridgehead atoms. The maximum Gasteiger partial charge on any atom is 0.323 e. The van der Waals surface area contributed by atoms with Gasteiger partial charge in [0.25, 0.3) is 0 Å².